The molecule has 0 unspecified atom stereocenters. The van der Waals surface area contributed by atoms with E-state index in [-0.39, 0.29) is 0 Å². The Hall–Kier alpha value is -1.55. The third-order valence-corrected chi connectivity index (χ3v) is 1.87. The molecule has 0 fully saturated rings. The summed E-state index contributed by atoms with van der Waals surface area (Å²) in [5.74, 6) is -0.415. The fourth-order valence-electron chi connectivity index (χ4n) is 0.986. The zero-order chi connectivity index (χ0) is 9.84. The highest BCUT2D eigenvalue weighted by Gasteiger charge is 2.01. The van der Waals surface area contributed by atoms with Gasteiger partial charge >= 0.3 is 0 Å². The molecule has 0 aliphatic carbocycles. The second-order valence-electron chi connectivity index (χ2n) is 2.79. The molecular weight excluding hydrogens is 166 g/mol. The van der Waals surface area contributed by atoms with Crippen molar-refractivity contribution >= 4 is 11.6 Å². The van der Waals surface area contributed by atoms with Crippen LogP contribution < -0.4 is 16.4 Å². The van der Waals surface area contributed by atoms with E-state index in [4.69, 9.17) is 11.5 Å². The number of anilines is 1. The van der Waals surface area contributed by atoms with Crippen molar-refractivity contribution < 1.29 is 4.79 Å². The maximum atomic E-state index is 10.7. The molecule has 0 saturated carbocycles. The summed E-state index contributed by atoms with van der Waals surface area (Å²) in [4.78, 5) is 12.6. The minimum atomic E-state index is -0.415. The van der Waals surface area contributed by atoms with Gasteiger partial charge in [0.15, 0.2) is 0 Å². The average Bonchev–Trinajstić information content (AvgIpc) is 2.17. The van der Waals surface area contributed by atoms with E-state index in [1.807, 2.05) is 24.1 Å². The number of benzene rings is 1. The number of primary amides is 1. The quantitative estimate of drug-likeness (QED) is 0.648. The van der Waals surface area contributed by atoms with Crippen molar-refractivity contribution in [3.8, 4) is 0 Å². The van der Waals surface area contributed by atoms with Crippen LogP contribution in [0.4, 0.5) is 5.69 Å². The molecule has 0 aliphatic rings. The molecule has 1 aromatic rings. The number of rotatable bonds is 3. The number of amides is 1. The summed E-state index contributed by atoms with van der Waals surface area (Å²) in [6, 6.07) is 6.99. The molecule has 4 heteroatoms. The standard InChI is InChI=1S/C9H13N3O/c1-12(6-10)8-4-2-7(3-5-8)9(11)13/h2-5H,6,10H2,1H3,(H2,11,13). The second kappa shape index (κ2) is 3.91. The molecule has 70 valence electrons. The Morgan fingerprint density at radius 3 is 2.31 bits per heavy atom. The second-order valence-corrected chi connectivity index (χ2v) is 2.79. The van der Waals surface area contributed by atoms with Gasteiger partial charge in [-0.2, -0.15) is 0 Å². The van der Waals surface area contributed by atoms with Crippen molar-refractivity contribution in [3.63, 3.8) is 0 Å². The van der Waals surface area contributed by atoms with Crippen LogP contribution in [0.2, 0.25) is 0 Å². The molecule has 0 spiro atoms. The number of nitrogens with zero attached hydrogens (tertiary/aromatic N) is 1. The summed E-state index contributed by atoms with van der Waals surface area (Å²) in [6.45, 7) is 0.440. The summed E-state index contributed by atoms with van der Waals surface area (Å²) in [5.41, 5.74) is 12.0. The third kappa shape index (κ3) is 2.19. The zero-order valence-corrected chi connectivity index (χ0v) is 7.53. The SMILES string of the molecule is CN(CN)c1ccc(C(N)=O)cc1. The van der Waals surface area contributed by atoms with E-state index in [1.165, 1.54) is 0 Å². The molecule has 4 N–H and O–H groups in total. The molecule has 13 heavy (non-hydrogen) atoms. The Morgan fingerprint density at radius 2 is 1.92 bits per heavy atom. The highest BCUT2D eigenvalue weighted by atomic mass is 16.1. The number of nitrogens with two attached hydrogens (primary N) is 2. The first-order valence-corrected chi connectivity index (χ1v) is 3.96. The van der Waals surface area contributed by atoms with Gasteiger partial charge in [0, 0.05) is 18.3 Å². The van der Waals surface area contributed by atoms with Crippen molar-refractivity contribution in [1.29, 1.82) is 0 Å². The van der Waals surface area contributed by atoms with Crippen LogP contribution in [0, 0.1) is 0 Å². The zero-order valence-electron chi connectivity index (χ0n) is 7.53. The van der Waals surface area contributed by atoms with Gasteiger partial charge in [-0.05, 0) is 24.3 Å². The fourth-order valence-corrected chi connectivity index (χ4v) is 0.986. The van der Waals surface area contributed by atoms with Crippen molar-refractivity contribution in [1.82, 2.24) is 0 Å². The van der Waals surface area contributed by atoms with Crippen molar-refractivity contribution in [3.05, 3.63) is 29.8 Å². The molecule has 0 radical (unpaired) electrons. The van der Waals surface area contributed by atoms with Gasteiger partial charge in [-0.15, -0.1) is 0 Å². The molecule has 1 aromatic carbocycles. The van der Waals surface area contributed by atoms with Gasteiger partial charge in [0.05, 0.1) is 6.67 Å². The van der Waals surface area contributed by atoms with Crippen molar-refractivity contribution in [2.24, 2.45) is 11.5 Å². The van der Waals surface area contributed by atoms with Crippen LogP contribution >= 0.6 is 0 Å². The molecule has 1 rings (SSSR count). The minimum absolute atomic E-state index is 0.415. The van der Waals surface area contributed by atoms with E-state index in [0.717, 1.165) is 5.69 Å². The first kappa shape index (κ1) is 9.54. The van der Waals surface area contributed by atoms with Crippen LogP contribution in [-0.2, 0) is 0 Å². The summed E-state index contributed by atoms with van der Waals surface area (Å²) in [7, 11) is 1.87. The monoisotopic (exact) mass is 179 g/mol. The summed E-state index contributed by atoms with van der Waals surface area (Å²) in [6.07, 6.45) is 0. The molecule has 0 aromatic heterocycles. The van der Waals surface area contributed by atoms with Crippen molar-refractivity contribution in [2.45, 2.75) is 0 Å². The minimum Gasteiger partial charge on any atom is -0.366 e. The van der Waals surface area contributed by atoms with Gasteiger partial charge < -0.3 is 16.4 Å². The summed E-state index contributed by atoms with van der Waals surface area (Å²) < 4.78 is 0. The Morgan fingerprint density at radius 1 is 1.38 bits per heavy atom. The topological polar surface area (TPSA) is 72.3 Å². The van der Waals surface area contributed by atoms with Crippen LogP contribution in [0.5, 0.6) is 0 Å². The average molecular weight is 179 g/mol. The molecule has 0 bridgehead atoms. The maximum absolute atomic E-state index is 10.7. The molecular formula is C9H13N3O. The van der Waals surface area contributed by atoms with Crippen LogP contribution in [0.3, 0.4) is 0 Å². The lowest BCUT2D eigenvalue weighted by molar-refractivity contribution is 0.100. The molecule has 0 saturated heterocycles. The molecule has 1 amide bonds. The number of carbonyl (C=O) groups is 1. The van der Waals surface area contributed by atoms with Gasteiger partial charge in [0.1, 0.15) is 0 Å². The Bertz CT molecular complexity index is 294. The van der Waals surface area contributed by atoms with Crippen LogP contribution in [0.25, 0.3) is 0 Å². The predicted molar refractivity (Wildman–Crippen MR) is 52.4 cm³/mol. The van der Waals surface area contributed by atoms with Gasteiger partial charge in [-0.1, -0.05) is 0 Å². The summed E-state index contributed by atoms with van der Waals surface area (Å²) in [5, 5.41) is 0. The van der Waals surface area contributed by atoms with E-state index >= 15 is 0 Å². The summed E-state index contributed by atoms with van der Waals surface area (Å²) >= 11 is 0. The first-order valence-electron chi connectivity index (χ1n) is 3.96. The number of hydrogen-bond donors (Lipinski definition) is 2. The Labute approximate surface area is 77.1 Å². The predicted octanol–water partition coefficient (Wildman–Crippen LogP) is 0.138. The van der Waals surface area contributed by atoms with E-state index in [0.29, 0.717) is 12.2 Å². The molecule has 0 heterocycles. The molecule has 0 atom stereocenters. The lowest BCUT2D eigenvalue weighted by Crippen LogP contribution is -2.25. The lowest BCUT2D eigenvalue weighted by Gasteiger charge is -2.16. The maximum Gasteiger partial charge on any atom is 0.248 e. The normalized spacial score (nSPS) is 9.69. The van der Waals surface area contributed by atoms with Gasteiger partial charge in [-0.3, -0.25) is 4.79 Å². The Kier molecular flexibility index (Phi) is 2.87. The fraction of sp³-hybridized carbons (Fsp3) is 0.222. The molecule has 4 nitrogen and oxygen atoms in total. The third-order valence-electron chi connectivity index (χ3n) is 1.87. The highest BCUT2D eigenvalue weighted by Crippen LogP contribution is 2.12. The van der Waals surface area contributed by atoms with E-state index in [2.05, 4.69) is 0 Å². The largest absolute Gasteiger partial charge is 0.366 e. The van der Waals surface area contributed by atoms with E-state index in [1.54, 1.807) is 12.1 Å². The number of carbonyl (C=O) groups excluding carboxylic acids is 1. The van der Waals surface area contributed by atoms with Gasteiger partial charge in [-0.25, -0.2) is 0 Å². The Balaban J connectivity index is 2.87. The highest BCUT2D eigenvalue weighted by molar-refractivity contribution is 5.93. The van der Waals surface area contributed by atoms with Gasteiger partial charge in [0.25, 0.3) is 0 Å². The van der Waals surface area contributed by atoms with Crippen LogP contribution in [-0.4, -0.2) is 19.6 Å². The smallest absolute Gasteiger partial charge is 0.248 e. The van der Waals surface area contributed by atoms with E-state index < -0.39 is 5.91 Å². The van der Waals surface area contributed by atoms with Crippen LogP contribution in [0.1, 0.15) is 10.4 Å². The van der Waals surface area contributed by atoms with Gasteiger partial charge in [0.2, 0.25) is 5.91 Å². The molecule has 0 aliphatic heterocycles. The number of hydrogen-bond acceptors (Lipinski definition) is 3. The van der Waals surface area contributed by atoms with E-state index in [9.17, 15) is 4.79 Å². The van der Waals surface area contributed by atoms with Crippen LogP contribution in [0.15, 0.2) is 24.3 Å². The van der Waals surface area contributed by atoms with Crippen molar-refractivity contribution in [2.75, 3.05) is 18.6 Å². The first-order chi connectivity index (χ1) is 6.15. The lowest BCUT2D eigenvalue weighted by atomic mass is 10.2.